The lowest BCUT2D eigenvalue weighted by atomic mass is 10.1. The molecule has 0 spiro atoms. The van der Waals surface area contributed by atoms with Crippen LogP contribution in [0.2, 0.25) is 0 Å². The number of pyridine rings is 1. The van der Waals surface area contributed by atoms with Crippen LogP contribution >= 0.6 is 0 Å². The number of aromatic nitrogens is 1. The van der Waals surface area contributed by atoms with Gasteiger partial charge in [-0.2, -0.15) is 0 Å². The summed E-state index contributed by atoms with van der Waals surface area (Å²) in [5.41, 5.74) is 1.75. The lowest BCUT2D eigenvalue weighted by Crippen LogP contribution is -1.91. The van der Waals surface area contributed by atoms with Crippen molar-refractivity contribution in [3.63, 3.8) is 0 Å². The second kappa shape index (κ2) is 5.04. The van der Waals surface area contributed by atoms with Gasteiger partial charge in [-0.3, -0.25) is 4.98 Å². The average molecular weight is 249 g/mol. The van der Waals surface area contributed by atoms with Crippen LogP contribution in [0.3, 0.4) is 0 Å². The molecule has 0 fully saturated rings. The fourth-order valence-electron chi connectivity index (χ4n) is 1.51. The Kier molecular flexibility index (Phi) is 3.46. The maximum Gasteiger partial charge on any atom is 0.194 e. The van der Waals surface area contributed by atoms with Gasteiger partial charge in [0.2, 0.25) is 0 Å². The minimum atomic E-state index is -1.46. The van der Waals surface area contributed by atoms with Gasteiger partial charge in [-0.15, -0.1) is 0 Å². The second-order valence-electron chi connectivity index (χ2n) is 3.84. The van der Waals surface area contributed by atoms with Gasteiger partial charge in [0.1, 0.15) is 0 Å². The molecule has 1 aromatic heterocycles. The van der Waals surface area contributed by atoms with E-state index in [4.69, 9.17) is 0 Å². The van der Waals surface area contributed by atoms with Crippen LogP contribution in [-0.2, 0) is 0 Å². The average Bonchev–Trinajstić information content (AvgIpc) is 2.33. The highest BCUT2D eigenvalue weighted by Crippen LogP contribution is 2.15. The number of nitrogens with zero attached hydrogens (tertiary/aromatic N) is 1. The molecule has 0 bridgehead atoms. The van der Waals surface area contributed by atoms with Crippen LogP contribution in [0.15, 0.2) is 30.3 Å². The highest BCUT2D eigenvalue weighted by molar-refractivity contribution is 5.68. The summed E-state index contributed by atoms with van der Waals surface area (Å²) in [6, 6.07) is 7.30. The van der Waals surface area contributed by atoms with Gasteiger partial charge < -0.3 is 0 Å². The number of hydrogen-bond acceptors (Lipinski definition) is 1. The van der Waals surface area contributed by atoms with Crippen LogP contribution in [0.4, 0.5) is 13.2 Å². The van der Waals surface area contributed by atoms with E-state index in [1.54, 1.807) is 12.1 Å². The van der Waals surface area contributed by atoms with E-state index in [0.717, 1.165) is 17.8 Å². The van der Waals surface area contributed by atoms with Gasteiger partial charge in [-0.05, 0) is 42.8 Å². The maximum absolute atomic E-state index is 13.0. The smallest absolute Gasteiger partial charge is 0.194 e. The molecule has 0 aliphatic heterocycles. The number of halogens is 3. The Morgan fingerprint density at radius 1 is 1.00 bits per heavy atom. The van der Waals surface area contributed by atoms with Crippen LogP contribution in [-0.4, -0.2) is 4.98 Å². The lowest BCUT2D eigenvalue weighted by molar-refractivity contribution is 0.447. The standard InChI is InChI=1S/C14H10F3N/c1-9-3-2-4-11(18-9)6-5-10-7-12(15)14(17)13(16)8-10/h2-8H,1H3/b6-5+. The first-order valence-corrected chi connectivity index (χ1v) is 5.32. The highest BCUT2D eigenvalue weighted by atomic mass is 19.2. The number of rotatable bonds is 2. The van der Waals surface area contributed by atoms with Gasteiger partial charge in [0.25, 0.3) is 0 Å². The van der Waals surface area contributed by atoms with Crippen molar-refractivity contribution < 1.29 is 13.2 Å². The van der Waals surface area contributed by atoms with E-state index in [0.29, 0.717) is 5.69 Å². The third kappa shape index (κ3) is 2.77. The van der Waals surface area contributed by atoms with E-state index < -0.39 is 17.5 Å². The molecule has 1 nitrogen and oxygen atoms in total. The Bertz CT molecular complexity index is 583. The van der Waals surface area contributed by atoms with E-state index in [2.05, 4.69) is 4.98 Å². The third-order valence-corrected chi connectivity index (χ3v) is 2.36. The van der Waals surface area contributed by atoms with Gasteiger partial charge >= 0.3 is 0 Å². The monoisotopic (exact) mass is 249 g/mol. The Morgan fingerprint density at radius 2 is 1.67 bits per heavy atom. The van der Waals surface area contributed by atoms with Crippen LogP contribution in [0.5, 0.6) is 0 Å². The predicted octanol–water partition coefficient (Wildman–Crippen LogP) is 3.98. The molecule has 18 heavy (non-hydrogen) atoms. The molecule has 0 radical (unpaired) electrons. The molecule has 0 saturated heterocycles. The largest absolute Gasteiger partial charge is 0.254 e. The first-order valence-electron chi connectivity index (χ1n) is 5.32. The molecule has 92 valence electrons. The summed E-state index contributed by atoms with van der Waals surface area (Å²) in [6.45, 7) is 1.84. The number of hydrogen-bond donors (Lipinski definition) is 0. The zero-order valence-electron chi connectivity index (χ0n) is 9.62. The molecule has 4 heteroatoms. The molecule has 0 amide bonds. The van der Waals surface area contributed by atoms with Crippen LogP contribution < -0.4 is 0 Å². The summed E-state index contributed by atoms with van der Waals surface area (Å²) in [6.07, 6.45) is 3.09. The Labute approximate surface area is 103 Å². The first kappa shape index (κ1) is 12.4. The molecule has 0 aliphatic rings. The van der Waals surface area contributed by atoms with E-state index in [-0.39, 0.29) is 5.56 Å². The summed E-state index contributed by atoms with van der Waals surface area (Å²) in [4.78, 5) is 4.20. The fourth-order valence-corrected chi connectivity index (χ4v) is 1.51. The minimum Gasteiger partial charge on any atom is -0.254 e. The Balaban J connectivity index is 2.29. The van der Waals surface area contributed by atoms with Crippen LogP contribution in [0.1, 0.15) is 17.0 Å². The quantitative estimate of drug-likeness (QED) is 0.734. The zero-order chi connectivity index (χ0) is 13.1. The first-order chi connectivity index (χ1) is 8.56. The van der Waals surface area contributed by atoms with E-state index in [1.807, 2.05) is 19.1 Å². The second-order valence-corrected chi connectivity index (χ2v) is 3.84. The predicted molar refractivity (Wildman–Crippen MR) is 64.2 cm³/mol. The molecule has 0 aliphatic carbocycles. The highest BCUT2D eigenvalue weighted by Gasteiger charge is 2.08. The Morgan fingerprint density at radius 3 is 2.28 bits per heavy atom. The molecule has 0 saturated carbocycles. The van der Waals surface area contributed by atoms with Crippen molar-refractivity contribution in [2.75, 3.05) is 0 Å². The zero-order valence-corrected chi connectivity index (χ0v) is 9.62. The fraction of sp³-hybridized carbons (Fsp3) is 0.0714. The number of aryl methyl sites for hydroxylation is 1. The van der Waals surface area contributed by atoms with E-state index >= 15 is 0 Å². The van der Waals surface area contributed by atoms with Crippen molar-refractivity contribution >= 4 is 12.2 Å². The summed E-state index contributed by atoms with van der Waals surface area (Å²) in [7, 11) is 0. The summed E-state index contributed by atoms with van der Waals surface area (Å²) >= 11 is 0. The number of benzene rings is 1. The molecular weight excluding hydrogens is 239 g/mol. The molecule has 2 rings (SSSR count). The minimum absolute atomic E-state index is 0.245. The molecule has 1 aromatic carbocycles. The summed E-state index contributed by atoms with van der Waals surface area (Å²) in [5.74, 6) is -3.86. The molecule has 2 aromatic rings. The Hall–Kier alpha value is -2.10. The molecule has 0 N–H and O–H groups in total. The molecule has 0 atom stereocenters. The van der Waals surface area contributed by atoms with Gasteiger partial charge in [0.15, 0.2) is 17.5 Å². The van der Waals surface area contributed by atoms with Crippen molar-refractivity contribution in [2.24, 2.45) is 0 Å². The molecular formula is C14H10F3N. The van der Waals surface area contributed by atoms with Gasteiger partial charge in [0, 0.05) is 5.69 Å². The maximum atomic E-state index is 13.0. The summed E-state index contributed by atoms with van der Waals surface area (Å²) < 4.78 is 38.7. The van der Waals surface area contributed by atoms with Crippen molar-refractivity contribution in [1.29, 1.82) is 0 Å². The SMILES string of the molecule is Cc1cccc(/C=C/c2cc(F)c(F)c(F)c2)n1. The van der Waals surface area contributed by atoms with E-state index in [9.17, 15) is 13.2 Å². The third-order valence-electron chi connectivity index (χ3n) is 2.36. The lowest BCUT2D eigenvalue weighted by Gasteiger charge is -1.98. The molecule has 1 heterocycles. The normalized spacial score (nSPS) is 11.1. The van der Waals surface area contributed by atoms with E-state index in [1.165, 1.54) is 6.08 Å². The van der Waals surface area contributed by atoms with Crippen LogP contribution in [0, 0.1) is 24.4 Å². The topological polar surface area (TPSA) is 12.9 Å². The van der Waals surface area contributed by atoms with Crippen molar-refractivity contribution in [1.82, 2.24) is 4.98 Å². The van der Waals surface area contributed by atoms with Crippen molar-refractivity contribution in [3.05, 3.63) is 64.7 Å². The van der Waals surface area contributed by atoms with Crippen molar-refractivity contribution in [2.45, 2.75) is 6.92 Å². The summed E-state index contributed by atoms with van der Waals surface area (Å²) in [5, 5.41) is 0. The van der Waals surface area contributed by atoms with Gasteiger partial charge in [0.05, 0.1) is 5.69 Å². The molecule has 0 unspecified atom stereocenters. The van der Waals surface area contributed by atoms with Gasteiger partial charge in [-0.1, -0.05) is 12.1 Å². The van der Waals surface area contributed by atoms with Gasteiger partial charge in [-0.25, -0.2) is 13.2 Å². The van der Waals surface area contributed by atoms with Crippen molar-refractivity contribution in [3.8, 4) is 0 Å². The van der Waals surface area contributed by atoms with Crippen LogP contribution in [0.25, 0.3) is 12.2 Å².